The Labute approximate surface area is 161 Å². The van der Waals surface area contributed by atoms with Crippen LogP contribution in [0.5, 0.6) is 5.75 Å². The zero-order valence-electron chi connectivity index (χ0n) is 16.6. The number of methoxy groups -OCH3 is 1. The highest BCUT2D eigenvalue weighted by Crippen LogP contribution is 2.46. The van der Waals surface area contributed by atoms with Crippen molar-refractivity contribution in [3.8, 4) is 5.75 Å². The molecule has 0 aliphatic carbocycles. The molecule has 146 valence electrons. The van der Waals surface area contributed by atoms with Gasteiger partial charge in [0.2, 0.25) is 5.78 Å². The minimum absolute atomic E-state index is 0.184. The molecular weight excluding hydrogens is 340 g/mol. The van der Waals surface area contributed by atoms with E-state index in [9.17, 15) is 9.59 Å². The summed E-state index contributed by atoms with van der Waals surface area (Å²) < 4.78 is 5.30. The van der Waals surface area contributed by atoms with Crippen molar-refractivity contribution in [2.45, 2.75) is 51.1 Å². The molecule has 0 N–H and O–H groups in total. The molecule has 5 heteroatoms. The van der Waals surface area contributed by atoms with Crippen LogP contribution in [0.3, 0.4) is 0 Å². The molecule has 5 nitrogen and oxygen atoms in total. The van der Waals surface area contributed by atoms with Crippen LogP contribution in [0, 0.1) is 11.8 Å². The lowest BCUT2D eigenvalue weighted by Gasteiger charge is -2.51. The number of rotatable bonds is 5. The summed E-state index contributed by atoms with van der Waals surface area (Å²) >= 11 is 0. The SMILES string of the molecule is COc1ccc([C@@H]2CN(C(=O)C(=O)CC(C)C)[C@@H]3C4CCN(CC4)[C@@H]32)cc1. The molecule has 4 heterocycles. The molecule has 0 aromatic heterocycles. The molecule has 0 radical (unpaired) electrons. The van der Waals surface area contributed by atoms with Crippen molar-refractivity contribution in [2.75, 3.05) is 26.7 Å². The summed E-state index contributed by atoms with van der Waals surface area (Å²) in [5.74, 6) is 1.36. The molecule has 0 spiro atoms. The molecule has 5 rings (SSSR count). The fourth-order valence-electron chi connectivity index (χ4n) is 5.42. The number of ketones is 1. The molecule has 1 aromatic rings. The summed E-state index contributed by atoms with van der Waals surface area (Å²) in [5, 5.41) is 0. The van der Waals surface area contributed by atoms with Crippen molar-refractivity contribution in [3.05, 3.63) is 29.8 Å². The zero-order valence-corrected chi connectivity index (χ0v) is 16.6. The van der Waals surface area contributed by atoms with Gasteiger partial charge < -0.3 is 9.64 Å². The molecule has 1 amide bonds. The number of hydrogen-bond donors (Lipinski definition) is 0. The van der Waals surface area contributed by atoms with E-state index in [0.717, 1.165) is 31.7 Å². The minimum Gasteiger partial charge on any atom is -0.497 e. The number of amides is 1. The van der Waals surface area contributed by atoms with Crippen molar-refractivity contribution in [1.82, 2.24) is 9.80 Å². The Bertz CT molecular complexity index is 707. The number of piperidine rings is 3. The maximum absolute atomic E-state index is 13.0. The first-order valence-corrected chi connectivity index (χ1v) is 10.2. The van der Waals surface area contributed by atoms with E-state index in [1.165, 1.54) is 5.56 Å². The molecule has 2 bridgehead atoms. The van der Waals surface area contributed by atoms with Crippen LogP contribution in [0.1, 0.15) is 44.6 Å². The van der Waals surface area contributed by atoms with Gasteiger partial charge in [0.25, 0.3) is 5.91 Å². The fourth-order valence-corrected chi connectivity index (χ4v) is 5.42. The van der Waals surface area contributed by atoms with E-state index in [-0.39, 0.29) is 29.6 Å². The second-order valence-electron chi connectivity index (χ2n) is 8.71. The number of Topliss-reactive ketones (excluding diaryl/α,β-unsaturated/α-hetero) is 1. The standard InChI is InChI=1S/C22H30N2O3/c1-14(2)12-19(25)22(26)24-13-18(15-4-6-17(27-3)7-5-15)21-20(24)16-8-10-23(21)11-9-16/h4-7,14,16,18,20-21H,8-13H2,1-3H3/t18-,20+,21+/m0/s1. The minimum atomic E-state index is -0.261. The Kier molecular flexibility index (Phi) is 4.97. The van der Waals surface area contributed by atoms with E-state index in [1.807, 2.05) is 30.9 Å². The van der Waals surface area contributed by atoms with E-state index in [1.54, 1.807) is 7.11 Å². The summed E-state index contributed by atoms with van der Waals surface area (Å²) in [5.41, 5.74) is 1.24. The molecule has 27 heavy (non-hydrogen) atoms. The third-order valence-electron chi connectivity index (χ3n) is 6.63. The van der Waals surface area contributed by atoms with Crippen LogP contribution in [0.4, 0.5) is 0 Å². The van der Waals surface area contributed by atoms with Gasteiger partial charge in [0.1, 0.15) is 5.75 Å². The van der Waals surface area contributed by atoms with Gasteiger partial charge in [0.05, 0.1) is 13.2 Å². The Morgan fingerprint density at radius 3 is 2.37 bits per heavy atom. The van der Waals surface area contributed by atoms with Crippen molar-refractivity contribution in [1.29, 1.82) is 0 Å². The number of nitrogens with zero attached hydrogens (tertiary/aromatic N) is 2. The zero-order chi connectivity index (χ0) is 19.1. The summed E-state index contributed by atoms with van der Waals surface area (Å²) in [7, 11) is 1.67. The van der Waals surface area contributed by atoms with Crippen LogP contribution in [0.2, 0.25) is 0 Å². The maximum atomic E-state index is 13.0. The van der Waals surface area contributed by atoms with Gasteiger partial charge in [-0.3, -0.25) is 14.5 Å². The lowest BCUT2D eigenvalue weighted by atomic mass is 9.75. The van der Waals surface area contributed by atoms with Gasteiger partial charge in [-0.2, -0.15) is 0 Å². The number of ether oxygens (including phenoxy) is 1. The molecule has 4 aliphatic heterocycles. The van der Waals surface area contributed by atoms with Gasteiger partial charge in [-0.15, -0.1) is 0 Å². The monoisotopic (exact) mass is 370 g/mol. The van der Waals surface area contributed by atoms with E-state index in [4.69, 9.17) is 4.74 Å². The highest BCUT2D eigenvalue weighted by Gasteiger charge is 2.55. The van der Waals surface area contributed by atoms with Gasteiger partial charge in [-0.1, -0.05) is 26.0 Å². The maximum Gasteiger partial charge on any atom is 0.290 e. The summed E-state index contributed by atoms with van der Waals surface area (Å²) in [6.07, 6.45) is 2.62. The number of benzene rings is 1. The van der Waals surface area contributed by atoms with Crippen molar-refractivity contribution >= 4 is 11.7 Å². The van der Waals surface area contributed by atoms with Gasteiger partial charge >= 0.3 is 0 Å². The highest BCUT2D eigenvalue weighted by molar-refractivity contribution is 6.36. The number of carbonyl (C=O) groups is 2. The van der Waals surface area contributed by atoms with Crippen molar-refractivity contribution in [2.24, 2.45) is 11.8 Å². The van der Waals surface area contributed by atoms with Gasteiger partial charge in [0.15, 0.2) is 0 Å². The summed E-state index contributed by atoms with van der Waals surface area (Å²) in [6.45, 7) is 6.86. The second kappa shape index (κ2) is 7.27. The first-order valence-electron chi connectivity index (χ1n) is 10.2. The van der Waals surface area contributed by atoms with E-state index < -0.39 is 0 Å². The first kappa shape index (κ1) is 18.5. The second-order valence-corrected chi connectivity index (χ2v) is 8.71. The summed E-state index contributed by atoms with van der Waals surface area (Å²) in [4.78, 5) is 30.0. The van der Waals surface area contributed by atoms with E-state index in [0.29, 0.717) is 24.9 Å². The number of hydrogen-bond acceptors (Lipinski definition) is 4. The molecule has 4 saturated heterocycles. The third kappa shape index (κ3) is 3.27. The van der Waals surface area contributed by atoms with E-state index in [2.05, 4.69) is 17.0 Å². The number of likely N-dealkylation sites (tertiary alicyclic amines) is 1. The predicted octanol–water partition coefficient (Wildman–Crippen LogP) is 2.70. The fraction of sp³-hybridized carbons (Fsp3) is 0.636. The Morgan fingerprint density at radius 2 is 1.78 bits per heavy atom. The number of carbonyl (C=O) groups excluding carboxylic acids is 2. The van der Waals surface area contributed by atoms with Crippen molar-refractivity contribution in [3.63, 3.8) is 0 Å². The van der Waals surface area contributed by atoms with Gasteiger partial charge in [0, 0.05) is 24.9 Å². The lowest BCUT2D eigenvalue weighted by molar-refractivity contribution is -0.148. The first-order chi connectivity index (χ1) is 13.0. The summed E-state index contributed by atoms with van der Waals surface area (Å²) in [6, 6.07) is 8.75. The molecule has 0 saturated carbocycles. The van der Waals surface area contributed by atoms with Gasteiger partial charge in [-0.05, 0) is 55.5 Å². The van der Waals surface area contributed by atoms with E-state index >= 15 is 0 Å². The molecular formula is C22H30N2O3. The van der Waals surface area contributed by atoms with Crippen LogP contribution >= 0.6 is 0 Å². The average Bonchev–Trinajstić information content (AvgIpc) is 3.10. The van der Waals surface area contributed by atoms with Crippen LogP contribution in [-0.2, 0) is 9.59 Å². The van der Waals surface area contributed by atoms with Crippen LogP contribution < -0.4 is 4.74 Å². The Balaban J connectivity index is 1.63. The quantitative estimate of drug-likeness (QED) is 0.748. The van der Waals surface area contributed by atoms with Gasteiger partial charge in [-0.25, -0.2) is 0 Å². The van der Waals surface area contributed by atoms with Crippen molar-refractivity contribution < 1.29 is 14.3 Å². The average molecular weight is 370 g/mol. The molecule has 4 aliphatic rings. The van der Waals surface area contributed by atoms with Crippen LogP contribution in [0.25, 0.3) is 0 Å². The lowest BCUT2D eigenvalue weighted by Crippen LogP contribution is -2.61. The highest BCUT2D eigenvalue weighted by atomic mass is 16.5. The molecule has 3 atom stereocenters. The van der Waals surface area contributed by atoms with Crippen LogP contribution in [-0.4, -0.2) is 60.3 Å². The predicted molar refractivity (Wildman–Crippen MR) is 104 cm³/mol. The molecule has 0 unspecified atom stereocenters. The third-order valence-corrected chi connectivity index (χ3v) is 6.63. The topological polar surface area (TPSA) is 49.9 Å². The number of fused-ring (bicyclic) bond motifs is 2. The largest absolute Gasteiger partial charge is 0.497 e. The Morgan fingerprint density at radius 1 is 1.11 bits per heavy atom. The molecule has 4 fully saturated rings. The van der Waals surface area contributed by atoms with Crippen LogP contribution in [0.15, 0.2) is 24.3 Å². The smallest absolute Gasteiger partial charge is 0.290 e. The normalized spacial score (nSPS) is 31.9. The Hall–Kier alpha value is -1.88. The molecule has 1 aromatic carbocycles.